The van der Waals surface area contributed by atoms with Crippen molar-refractivity contribution in [3.8, 4) is 0 Å². The molecule has 1 rings (SSSR count). The number of rotatable bonds is 5. The normalized spacial score (nSPS) is 11.3. The summed E-state index contributed by atoms with van der Waals surface area (Å²) in [7, 11) is 0. The second kappa shape index (κ2) is 6.80. The summed E-state index contributed by atoms with van der Waals surface area (Å²) >= 11 is 5.91. The lowest BCUT2D eigenvalue weighted by Gasteiger charge is -2.21. The lowest BCUT2D eigenvalue weighted by atomic mass is 10.2. The monoisotopic (exact) mass is 270 g/mol. The highest BCUT2D eigenvalue weighted by molar-refractivity contribution is 6.33. The maximum atomic E-state index is 12.2. The van der Waals surface area contributed by atoms with Crippen LogP contribution >= 0.6 is 11.6 Å². The third kappa shape index (κ3) is 3.59. The van der Waals surface area contributed by atoms with E-state index < -0.39 is 0 Å². The standard InChI is InChI=1S/C11H15ClN4O2/c1-2-5-16(7-10(13)15-18)11(17)8-3-4-14-6-9(8)12/h3-4,6,18H,2,5,7H2,1H3,(H2,13,15). The first-order chi connectivity index (χ1) is 8.60. The predicted molar refractivity (Wildman–Crippen MR) is 68.9 cm³/mol. The third-order valence-electron chi connectivity index (χ3n) is 2.26. The van der Waals surface area contributed by atoms with Gasteiger partial charge in [-0.1, -0.05) is 23.7 Å². The first kappa shape index (κ1) is 14.2. The topological polar surface area (TPSA) is 91.8 Å². The van der Waals surface area contributed by atoms with Crippen LogP contribution in [-0.4, -0.2) is 39.9 Å². The number of hydrogen-bond acceptors (Lipinski definition) is 4. The number of oxime groups is 1. The third-order valence-corrected chi connectivity index (χ3v) is 2.57. The lowest BCUT2D eigenvalue weighted by Crippen LogP contribution is -2.39. The SMILES string of the molecule is CCCN(CC(N)=NO)C(=O)c1ccncc1Cl. The summed E-state index contributed by atoms with van der Waals surface area (Å²) in [5, 5.41) is 11.7. The number of amides is 1. The molecule has 0 aliphatic carbocycles. The van der Waals surface area contributed by atoms with Gasteiger partial charge in [0.15, 0.2) is 5.84 Å². The van der Waals surface area contributed by atoms with Crippen molar-refractivity contribution < 1.29 is 10.0 Å². The summed E-state index contributed by atoms with van der Waals surface area (Å²) in [5.74, 6) is -0.294. The van der Waals surface area contributed by atoms with Crippen LogP contribution in [0, 0.1) is 0 Å². The van der Waals surface area contributed by atoms with Crippen molar-refractivity contribution in [2.45, 2.75) is 13.3 Å². The Morgan fingerprint density at radius 1 is 1.67 bits per heavy atom. The largest absolute Gasteiger partial charge is 0.409 e. The molecule has 0 aromatic carbocycles. The van der Waals surface area contributed by atoms with E-state index in [0.717, 1.165) is 6.42 Å². The summed E-state index contributed by atoms with van der Waals surface area (Å²) in [6.45, 7) is 2.48. The minimum Gasteiger partial charge on any atom is -0.409 e. The number of carbonyl (C=O) groups excluding carboxylic acids is 1. The lowest BCUT2D eigenvalue weighted by molar-refractivity contribution is 0.0778. The number of nitrogens with zero attached hydrogens (tertiary/aromatic N) is 3. The fraction of sp³-hybridized carbons (Fsp3) is 0.364. The van der Waals surface area contributed by atoms with E-state index in [4.69, 9.17) is 22.5 Å². The van der Waals surface area contributed by atoms with Gasteiger partial charge in [0, 0.05) is 18.9 Å². The fourth-order valence-corrected chi connectivity index (χ4v) is 1.67. The highest BCUT2D eigenvalue weighted by Crippen LogP contribution is 2.15. The molecule has 1 aromatic rings. The molecule has 1 amide bonds. The molecule has 7 heteroatoms. The Bertz CT molecular complexity index is 450. The Kier molecular flexibility index (Phi) is 5.38. The Hall–Kier alpha value is -1.82. The molecule has 0 aliphatic rings. The molecular formula is C11H15ClN4O2. The number of amidine groups is 1. The number of carbonyl (C=O) groups is 1. The van der Waals surface area contributed by atoms with E-state index in [-0.39, 0.29) is 23.3 Å². The number of pyridine rings is 1. The van der Waals surface area contributed by atoms with Gasteiger partial charge in [0.05, 0.1) is 17.1 Å². The molecule has 1 aromatic heterocycles. The van der Waals surface area contributed by atoms with Gasteiger partial charge in [0.25, 0.3) is 5.91 Å². The van der Waals surface area contributed by atoms with E-state index >= 15 is 0 Å². The average Bonchev–Trinajstić information content (AvgIpc) is 2.38. The van der Waals surface area contributed by atoms with Crippen molar-refractivity contribution in [2.75, 3.05) is 13.1 Å². The van der Waals surface area contributed by atoms with Crippen molar-refractivity contribution in [3.63, 3.8) is 0 Å². The molecule has 0 unspecified atom stereocenters. The first-order valence-electron chi connectivity index (χ1n) is 5.45. The van der Waals surface area contributed by atoms with Gasteiger partial charge in [-0.3, -0.25) is 9.78 Å². The fourth-order valence-electron chi connectivity index (χ4n) is 1.47. The quantitative estimate of drug-likeness (QED) is 0.365. The zero-order valence-corrected chi connectivity index (χ0v) is 10.8. The maximum absolute atomic E-state index is 12.2. The van der Waals surface area contributed by atoms with Crippen LogP contribution in [0.25, 0.3) is 0 Å². The second-order valence-corrected chi connectivity index (χ2v) is 4.08. The minimum absolute atomic E-state index is 0.0259. The second-order valence-electron chi connectivity index (χ2n) is 3.67. The molecule has 1 heterocycles. The van der Waals surface area contributed by atoms with Crippen LogP contribution in [0.5, 0.6) is 0 Å². The number of hydrogen-bond donors (Lipinski definition) is 2. The van der Waals surface area contributed by atoms with Crippen LogP contribution in [0.1, 0.15) is 23.7 Å². The highest BCUT2D eigenvalue weighted by Gasteiger charge is 2.18. The molecule has 0 fully saturated rings. The zero-order chi connectivity index (χ0) is 13.5. The number of halogens is 1. The van der Waals surface area contributed by atoms with Gasteiger partial charge in [-0.2, -0.15) is 0 Å². The summed E-state index contributed by atoms with van der Waals surface area (Å²) in [5.41, 5.74) is 5.77. The Morgan fingerprint density at radius 2 is 2.39 bits per heavy atom. The van der Waals surface area contributed by atoms with Crippen molar-refractivity contribution in [3.05, 3.63) is 29.0 Å². The van der Waals surface area contributed by atoms with Crippen LogP contribution < -0.4 is 5.73 Å². The van der Waals surface area contributed by atoms with E-state index in [2.05, 4.69) is 10.1 Å². The molecule has 0 saturated heterocycles. The molecule has 0 bridgehead atoms. The molecule has 0 atom stereocenters. The number of nitrogens with two attached hydrogens (primary N) is 1. The molecule has 3 N–H and O–H groups in total. The van der Waals surface area contributed by atoms with Crippen LogP contribution in [0.4, 0.5) is 0 Å². The molecule has 98 valence electrons. The van der Waals surface area contributed by atoms with Gasteiger partial charge in [-0.25, -0.2) is 0 Å². The van der Waals surface area contributed by atoms with Crippen molar-refractivity contribution >= 4 is 23.3 Å². The van der Waals surface area contributed by atoms with Crippen LogP contribution in [0.3, 0.4) is 0 Å². The maximum Gasteiger partial charge on any atom is 0.255 e. The van der Waals surface area contributed by atoms with Gasteiger partial charge in [0.2, 0.25) is 0 Å². The van der Waals surface area contributed by atoms with Crippen molar-refractivity contribution in [2.24, 2.45) is 10.9 Å². The van der Waals surface area contributed by atoms with Crippen LogP contribution in [-0.2, 0) is 0 Å². The summed E-state index contributed by atoms with van der Waals surface area (Å²) in [6.07, 6.45) is 3.66. The van der Waals surface area contributed by atoms with Gasteiger partial charge < -0.3 is 15.8 Å². The van der Waals surface area contributed by atoms with Crippen LogP contribution in [0.15, 0.2) is 23.6 Å². The summed E-state index contributed by atoms with van der Waals surface area (Å²) < 4.78 is 0. The summed E-state index contributed by atoms with van der Waals surface area (Å²) in [6, 6.07) is 1.54. The van der Waals surface area contributed by atoms with E-state index in [1.807, 2.05) is 6.92 Å². The molecule has 6 nitrogen and oxygen atoms in total. The van der Waals surface area contributed by atoms with Crippen molar-refractivity contribution in [1.29, 1.82) is 0 Å². The summed E-state index contributed by atoms with van der Waals surface area (Å²) in [4.78, 5) is 17.5. The molecular weight excluding hydrogens is 256 g/mol. The smallest absolute Gasteiger partial charge is 0.255 e. The van der Waals surface area contributed by atoms with Gasteiger partial charge in [0.1, 0.15) is 0 Å². The average molecular weight is 271 g/mol. The minimum atomic E-state index is -0.268. The molecule has 0 radical (unpaired) electrons. The van der Waals surface area contributed by atoms with Gasteiger partial charge >= 0.3 is 0 Å². The highest BCUT2D eigenvalue weighted by atomic mass is 35.5. The van der Waals surface area contributed by atoms with E-state index in [1.165, 1.54) is 17.3 Å². The number of aromatic nitrogens is 1. The zero-order valence-electron chi connectivity index (χ0n) is 10.0. The van der Waals surface area contributed by atoms with Gasteiger partial charge in [-0.15, -0.1) is 0 Å². The van der Waals surface area contributed by atoms with Gasteiger partial charge in [-0.05, 0) is 12.5 Å². The molecule has 18 heavy (non-hydrogen) atoms. The van der Waals surface area contributed by atoms with E-state index in [9.17, 15) is 4.79 Å². The Morgan fingerprint density at radius 3 is 2.94 bits per heavy atom. The van der Waals surface area contributed by atoms with E-state index in [1.54, 1.807) is 6.07 Å². The predicted octanol–water partition coefficient (Wildman–Crippen LogP) is 1.33. The van der Waals surface area contributed by atoms with E-state index in [0.29, 0.717) is 12.1 Å². The van der Waals surface area contributed by atoms with Crippen LogP contribution in [0.2, 0.25) is 5.02 Å². The molecule has 0 saturated carbocycles. The Labute approximate surface area is 110 Å². The Balaban J connectivity index is 2.92. The molecule has 0 aliphatic heterocycles. The molecule has 0 spiro atoms. The first-order valence-corrected chi connectivity index (χ1v) is 5.83. The van der Waals surface area contributed by atoms with Crippen molar-refractivity contribution in [1.82, 2.24) is 9.88 Å².